The van der Waals surface area contributed by atoms with Crippen molar-refractivity contribution in [1.29, 1.82) is 0 Å². The SMILES string of the molecule is CC(=O)Oc1ccccc1CNc1cccn2c(C)c(C)nc12.CS(=O)(=O)O. The Morgan fingerprint density at radius 3 is 2.50 bits per heavy atom. The van der Waals surface area contributed by atoms with Gasteiger partial charge < -0.3 is 14.5 Å². The molecule has 2 N–H and O–H groups in total. The molecule has 0 spiro atoms. The summed E-state index contributed by atoms with van der Waals surface area (Å²) in [5.41, 5.74) is 4.90. The summed E-state index contributed by atoms with van der Waals surface area (Å²) in [4.78, 5) is 15.8. The van der Waals surface area contributed by atoms with E-state index in [4.69, 9.17) is 9.29 Å². The number of benzene rings is 1. The van der Waals surface area contributed by atoms with Crippen LogP contribution in [0.5, 0.6) is 5.75 Å². The topological polar surface area (TPSA) is 110 Å². The number of fused-ring (bicyclic) bond motifs is 1. The number of carbonyl (C=O) groups is 1. The molecule has 3 rings (SSSR count). The van der Waals surface area contributed by atoms with Gasteiger partial charge in [-0.3, -0.25) is 9.35 Å². The molecule has 3 aromatic rings. The van der Waals surface area contributed by atoms with E-state index in [0.717, 1.165) is 28.3 Å². The standard InChI is InChI=1S/C18H19N3O2.CH4O3S/c1-12-13(2)21-10-6-8-16(18(21)20-12)19-11-15-7-4-5-9-17(15)23-14(3)22;1-5(2,3)4/h4-10,19H,11H2,1-3H3;1H3,(H,2,3,4). The Morgan fingerprint density at radius 2 is 1.86 bits per heavy atom. The maximum Gasteiger partial charge on any atom is 0.308 e. The van der Waals surface area contributed by atoms with Crippen LogP contribution >= 0.6 is 0 Å². The van der Waals surface area contributed by atoms with Crippen LogP contribution in [0.1, 0.15) is 23.9 Å². The normalized spacial score (nSPS) is 10.9. The minimum absolute atomic E-state index is 0.320. The number of aromatic nitrogens is 2. The van der Waals surface area contributed by atoms with Gasteiger partial charge in [-0.05, 0) is 32.0 Å². The third kappa shape index (κ3) is 6.07. The summed E-state index contributed by atoms with van der Waals surface area (Å²) in [6.07, 6.45) is 2.72. The lowest BCUT2D eigenvalue weighted by atomic mass is 10.2. The van der Waals surface area contributed by atoms with E-state index in [1.54, 1.807) is 6.07 Å². The zero-order valence-corrected chi connectivity index (χ0v) is 16.9. The lowest BCUT2D eigenvalue weighted by molar-refractivity contribution is -0.131. The van der Waals surface area contributed by atoms with Crippen LogP contribution in [0.3, 0.4) is 0 Å². The average Bonchev–Trinajstić information content (AvgIpc) is 2.87. The molecule has 0 saturated heterocycles. The summed E-state index contributed by atoms with van der Waals surface area (Å²) in [6.45, 7) is 6.01. The third-order valence-corrected chi connectivity index (χ3v) is 3.82. The molecule has 9 heteroatoms. The quantitative estimate of drug-likeness (QED) is 0.390. The largest absolute Gasteiger partial charge is 0.426 e. The van der Waals surface area contributed by atoms with Crippen LogP contribution < -0.4 is 10.1 Å². The van der Waals surface area contributed by atoms with Gasteiger partial charge in [0, 0.05) is 30.9 Å². The molecule has 8 nitrogen and oxygen atoms in total. The maximum atomic E-state index is 11.2. The summed E-state index contributed by atoms with van der Waals surface area (Å²) in [7, 11) is -3.67. The molecule has 0 saturated carbocycles. The molecule has 0 bridgehead atoms. The Bertz CT molecular complexity index is 1080. The van der Waals surface area contributed by atoms with Crippen molar-refractivity contribution in [1.82, 2.24) is 9.38 Å². The molecule has 2 aromatic heterocycles. The zero-order valence-electron chi connectivity index (χ0n) is 16.1. The second-order valence-corrected chi connectivity index (χ2v) is 7.65. The molecule has 0 fully saturated rings. The van der Waals surface area contributed by atoms with Crippen molar-refractivity contribution in [2.75, 3.05) is 11.6 Å². The van der Waals surface area contributed by atoms with Crippen molar-refractivity contribution in [3.05, 3.63) is 59.5 Å². The summed E-state index contributed by atoms with van der Waals surface area (Å²) in [5.74, 6) is 0.259. The lowest BCUT2D eigenvalue weighted by Crippen LogP contribution is -2.07. The Hall–Kier alpha value is -2.91. The van der Waals surface area contributed by atoms with E-state index in [9.17, 15) is 13.2 Å². The van der Waals surface area contributed by atoms with Crippen molar-refractivity contribution in [3.8, 4) is 5.75 Å². The van der Waals surface area contributed by atoms with E-state index < -0.39 is 10.1 Å². The van der Waals surface area contributed by atoms with E-state index in [2.05, 4.69) is 21.6 Å². The zero-order chi connectivity index (χ0) is 20.9. The van der Waals surface area contributed by atoms with Crippen LogP contribution in [-0.2, 0) is 21.5 Å². The maximum absolute atomic E-state index is 11.2. The number of nitrogens with zero attached hydrogens (tertiary/aromatic N) is 2. The van der Waals surface area contributed by atoms with E-state index in [0.29, 0.717) is 18.6 Å². The van der Waals surface area contributed by atoms with Gasteiger partial charge in [0.05, 0.1) is 17.6 Å². The van der Waals surface area contributed by atoms with Crippen molar-refractivity contribution >= 4 is 27.4 Å². The van der Waals surface area contributed by atoms with Gasteiger partial charge in [-0.25, -0.2) is 4.98 Å². The Labute approximate surface area is 163 Å². The van der Waals surface area contributed by atoms with Gasteiger partial charge in [0.2, 0.25) is 0 Å². The number of nitrogens with one attached hydrogen (secondary N) is 1. The fourth-order valence-corrected chi connectivity index (χ4v) is 2.53. The molecule has 0 amide bonds. The van der Waals surface area contributed by atoms with Gasteiger partial charge in [0.15, 0.2) is 5.65 Å². The highest BCUT2D eigenvalue weighted by Crippen LogP contribution is 2.23. The molecular weight excluding hydrogens is 382 g/mol. The second kappa shape index (κ2) is 8.85. The predicted octanol–water partition coefficient (Wildman–Crippen LogP) is 2.99. The molecule has 2 heterocycles. The molecule has 0 aliphatic rings. The van der Waals surface area contributed by atoms with Crippen molar-refractivity contribution in [3.63, 3.8) is 0 Å². The first-order valence-corrected chi connectivity index (χ1v) is 10.3. The number of hydrogen-bond donors (Lipinski definition) is 2. The van der Waals surface area contributed by atoms with Crippen LogP contribution in [-0.4, -0.2) is 34.6 Å². The smallest absolute Gasteiger partial charge is 0.308 e. The van der Waals surface area contributed by atoms with Gasteiger partial charge in [-0.1, -0.05) is 18.2 Å². The van der Waals surface area contributed by atoms with Crippen LogP contribution in [0.2, 0.25) is 0 Å². The number of imidazole rings is 1. The van der Waals surface area contributed by atoms with Gasteiger partial charge in [-0.2, -0.15) is 8.42 Å². The van der Waals surface area contributed by atoms with E-state index in [-0.39, 0.29) is 5.97 Å². The van der Waals surface area contributed by atoms with E-state index in [1.165, 1.54) is 6.92 Å². The molecule has 0 aliphatic heterocycles. The van der Waals surface area contributed by atoms with Gasteiger partial charge in [-0.15, -0.1) is 0 Å². The summed E-state index contributed by atoms with van der Waals surface area (Å²) < 4.78 is 33.2. The molecule has 1 aromatic carbocycles. The van der Waals surface area contributed by atoms with Crippen molar-refractivity contribution < 1.29 is 22.5 Å². The predicted molar refractivity (Wildman–Crippen MR) is 107 cm³/mol. The number of esters is 1. The van der Waals surface area contributed by atoms with E-state index in [1.807, 2.05) is 43.5 Å². The van der Waals surface area contributed by atoms with Crippen LogP contribution in [0, 0.1) is 13.8 Å². The summed E-state index contributed by atoms with van der Waals surface area (Å²) >= 11 is 0. The average molecular weight is 405 g/mol. The van der Waals surface area contributed by atoms with E-state index >= 15 is 0 Å². The second-order valence-electron chi connectivity index (χ2n) is 6.19. The first-order valence-electron chi connectivity index (χ1n) is 8.43. The Balaban J connectivity index is 0.000000500. The van der Waals surface area contributed by atoms with Crippen molar-refractivity contribution in [2.45, 2.75) is 27.3 Å². The molecule has 0 aliphatic carbocycles. The number of rotatable bonds is 4. The van der Waals surface area contributed by atoms with Gasteiger partial charge >= 0.3 is 5.97 Å². The molecular formula is C19H23N3O5S. The summed E-state index contributed by atoms with van der Waals surface area (Å²) in [5, 5.41) is 3.38. The monoisotopic (exact) mass is 405 g/mol. The minimum Gasteiger partial charge on any atom is -0.426 e. The molecule has 28 heavy (non-hydrogen) atoms. The lowest BCUT2D eigenvalue weighted by Gasteiger charge is -2.11. The number of carbonyl (C=O) groups excluding carboxylic acids is 1. The number of anilines is 1. The molecule has 0 radical (unpaired) electrons. The molecule has 0 atom stereocenters. The Morgan fingerprint density at radius 1 is 1.21 bits per heavy atom. The number of para-hydroxylation sites is 1. The number of hydrogen-bond acceptors (Lipinski definition) is 6. The molecule has 0 unspecified atom stereocenters. The fraction of sp³-hybridized carbons (Fsp3) is 0.263. The van der Waals surface area contributed by atoms with Crippen molar-refractivity contribution in [2.24, 2.45) is 0 Å². The highest BCUT2D eigenvalue weighted by molar-refractivity contribution is 7.85. The van der Waals surface area contributed by atoms with Crippen LogP contribution in [0.4, 0.5) is 5.69 Å². The highest BCUT2D eigenvalue weighted by atomic mass is 32.2. The summed E-state index contributed by atoms with van der Waals surface area (Å²) in [6, 6.07) is 11.5. The van der Waals surface area contributed by atoms with Crippen LogP contribution in [0.25, 0.3) is 5.65 Å². The number of aryl methyl sites for hydroxylation is 2. The fourth-order valence-electron chi connectivity index (χ4n) is 2.53. The van der Waals surface area contributed by atoms with Gasteiger partial charge in [0.25, 0.3) is 10.1 Å². The first-order chi connectivity index (χ1) is 13.1. The van der Waals surface area contributed by atoms with Crippen LogP contribution in [0.15, 0.2) is 42.6 Å². The number of pyridine rings is 1. The minimum atomic E-state index is -3.67. The third-order valence-electron chi connectivity index (χ3n) is 3.82. The molecule has 150 valence electrons. The first kappa shape index (κ1) is 21.4. The van der Waals surface area contributed by atoms with Gasteiger partial charge in [0.1, 0.15) is 5.75 Å². The highest BCUT2D eigenvalue weighted by Gasteiger charge is 2.10. The number of ether oxygens (including phenoxy) is 1. The Kier molecular flexibility index (Phi) is 6.76.